The number of aliphatic hydroxyl groups excluding tert-OH is 1. The average Bonchev–Trinajstić information content (AvgIpc) is 3.67. The number of carbonyl (C=O) groups excluding carboxylic acids is 3. The SMILES string of the molecule is CCC(=O)N=C1[C@H](C)C[C@@]2(C)CC/C(=N/OCc3ccc(-c4nc(N)cs4)cn3)CC[C@H]([C@H]1C)[C@](C)(O)[C@@H](CC)OC(=O)[C@@](C)(F)C(=O)C(C)[C@H]2O[C@@H]1O[C@H](C)C[C@H](N(C)C)[C@H]1O. The molecule has 2 bridgehead atoms. The summed E-state index contributed by atoms with van der Waals surface area (Å²) >= 11 is 1.42. The molecule has 1 aliphatic carbocycles. The molecule has 4 N–H and O–H groups in total. The Morgan fingerprint density at radius 3 is 2.43 bits per heavy atom. The third-order valence-electron chi connectivity index (χ3n) is 13.6. The smallest absolute Gasteiger partial charge is 0.351 e. The van der Waals surface area contributed by atoms with E-state index in [1.807, 2.05) is 58.8 Å². The lowest BCUT2D eigenvalue weighted by Gasteiger charge is -2.48. The van der Waals surface area contributed by atoms with Gasteiger partial charge in [0, 0.05) is 47.2 Å². The van der Waals surface area contributed by atoms with Crippen LogP contribution in [0.3, 0.4) is 0 Å². The minimum absolute atomic E-state index is 0.0495. The van der Waals surface area contributed by atoms with Crippen molar-refractivity contribution in [2.75, 3.05) is 19.8 Å². The van der Waals surface area contributed by atoms with E-state index >= 15 is 4.39 Å². The Bertz CT molecular complexity index is 1970. The van der Waals surface area contributed by atoms with Crippen molar-refractivity contribution in [3.05, 3.63) is 29.4 Å². The van der Waals surface area contributed by atoms with E-state index in [-0.39, 0.29) is 43.9 Å². The van der Waals surface area contributed by atoms with Crippen molar-refractivity contribution < 1.29 is 48.0 Å². The van der Waals surface area contributed by atoms with Crippen molar-refractivity contribution in [3.8, 4) is 10.6 Å². The number of halogens is 1. The number of thiazole rings is 1. The predicted molar refractivity (Wildman–Crippen MR) is 240 cm³/mol. The lowest BCUT2D eigenvalue weighted by molar-refractivity contribution is -0.287. The molecule has 350 valence electrons. The zero-order chi connectivity index (χ0) is 46.6. The number of ether oxygens (including phenoxy) is 3. The number of nitrogens with two attached hydrogens (primary N) is 1. The van der Waals surface area contributed by atoms with Crippen LogP contribution in [0.5, 0.6) is 0 Å². The molecule has 15 nitrogen and oxygen atoms in total. The Morgan fingerprint density at radius 2 is 1.83 bits per heavy atom. The van der Waals surface area contributed by atoms with Gasteiger partial charge in [0.05, 0.1) is 23.6 Å². The fourth-order valence-corrected chi connectivity index (χ4v) is 10.7. The number of nitrogens with zero attached hydrogens (tertiary/aromatic N) is 5. The summed E-state index contributed by atoms with van der Waals surface area (Å²) < 4.78 is 36.0. The van der Waals surface area contributed by atoms with Gasteiger partial charge < -0.3 is 39.9 Å². The topological polar surface area (TPSA) is 208 Å². The number of cyclic esters (lactones) is 1. The molecule has 17 heteroatoms. The van der Waals surface area contributed by atoms with Gasteiger partial charge in [-0.05, 0) is 109 Å². The van der Waals surface area contributed by atoms with Crippen LogP contribution in [0.4, 0.5) is 10.2 Å². The number of amides is 1. The van der Waals surface area contributed by atoms with E-state index in [9.17, 15) is 24.6 Å². The summed E-state index contributed by atoms with van der Waals surface area (Å²) in [6, 6.07) is 3.36. The number of alkyl halides is 1. The van der Waals surface area contributed by atoms with E-state index in [1.54, 1.807) is 32.3 Å². The molecule has 4 heterocycles. The van der Waals surface area contributed by atoms with E-state index in [2.05, 4.69) is 15.1 Å². The number of aliphatic imine (C=N–C) groups is 1. The van der Waals surface area contributed by atoms with Crippen LogP contribution in [-0.4, -0.2) is 116 Å². The summed E-state index contributed by atoms with van der Waals surface area (Å²) in [5, 5.41) is 31.5. The summed E-state index contributed by atoms with van der Waals surface area (Å²) in [6.45, 7) is 15.1. The summed E-state index contributed by atoms with van der Waals surface area (Å²) in [7, 11) is 3.70. The quantitative estimate of drug-likeness (QED) is 0.136. The Morgan fingerprint density at radius 1 is 1.11 bits per heavy atom. The molecular formula is C46H69FN6O9S. The number of rotatable bonds is 9. The molecule has 5 rings (SSSR count). The maximum atomic E-state index is 17.0. The number of Topliss-reactive ketones (excluding diaryl/α,β-unsaturated/α-hetero) is 1. The second-order valence-electron chi connectivity index (χ2n) is 18.8. The van der Waals surface area contributed by atoms with Crippen molar-refractivity contribution >= 4 is 46.2 Å². The molecular weight excluding hydrogens is 832 g/mol. The maximum absolute atomic E-state index is 17.0. The summed E-state index contributed by atoms with van der Waals surface area (Å²) in [4.78, 5) is 63.3. The number of ketones is 1. The van der Waals surface area contributed by atoms with Crippen molar-refractivity contribution in [2.24, 2.45) is 39.2 Å². The normalized spacial score (nSPS) is 37.6. The van der Waals surface area contributed by atoms with Crippen LogP contribution in [0.15, 0.2) is 33.9 Å². The molecule has 2 aliphatic heterocycles. The molecule has 3 aliphatic rings. The summed E-state index contributed by atoms with van der Waals surface area (Å²) in [5.74, 6) is -5.36. The van der Waals surface area contributed by atoms with Crippen LogP contribution >= 0.6 is 11.3 Å². The number of aliphatic hydroxyl groups is 2. The van der Waals surface area contributed by atoms with Gasteiger partial charge in [0.2, 0.25) is 5.91 Å². The van der Waals surface area contributed by atoms with Crippen LogP contribution in [-0.2, 0) is 40.0 Å². The van der Waals surface area contributed by atoms with E-state index in [1.165, 1.54) is 18.3 Å². The first-order chi connectivity index (χ1) is 29.5. The highest BCUT2D eigenvalue weighted by molar-refractivity contribution is 7.13. The zero-order valence-electron chi connectivity index (χ0n) is 38.8. The number of esters is 1. The number of pyridine rings is 1. The molecule has 2 aromatic rings. The van der Waals surface area contributed by atoms with Crippen molar-refractivity contribution in [2.45, 2.75) is 168 Å². The number of oxime groups is 1. The Kier molecular flexibility index (Phi) is 16.4. The number of likely N-dealkylation sites (N-methyl/N-ethyl adjacent to an activating group) is 1. The number of carbonyl (C=O) groups is 3. The third kappa shape index (κ3) is 11.4. The molecule has 2 saturated heterocycles. The molecule has 0 spiro atoms. The van der Waals surface area contributed by atoms with E-state index in [0.717, 1.165) is 17.5 Å². The standard InChI is InChI=1S/C46H69FN6O9S/c1-12-34-46(9,58)32-17-16-30(52-59-23-31-15-14-29(22-49-31)41-50-35(48)24-63-41)18-19-44(7,21-25(3)37(27(32)5)51-36(54)13-2)40(28(6)39(56)45(8,47)43(57)61-34)62-42-38(55)33(53(10)11)20-26(4)60-42/h14-15,22,24-28,32-34,38,40,42,55,58H,12-13,16-21,23,48H2,1-11H3/b51-37?,52-30+/t25-,26-,27-,28?,32-,33+,34-,38-,40-,42+,44-,45+,46+/m1/s1. The first kappa shape index (κ1) is 50.3. The van der Waals surface area contributed by atoms with Gasteiger partial charge in [-0.1, -0.05) is 46.7 Å². The predicted octanol–water partition coefficient (Wildman–Crippen LogP) is 6.73. The fourth-order valence-electron chi connectivity index (χ4n) is 9.96. The minimum Gasteiger partial charge on any atom is -0.457 e. The number of hydrogen-bond acceptors (Lipinski definition) is 15. The van der Waals surface area contributed by atoms with Gasteiger partial charge in [-0.15, -0.1) is 11.3 Å². The second kappa shape index (κ2) is 20.6. The van der Waals surface area contributed by atoms with Crippen LogP contribution < -0.4 is 5.73 Å². The fraction of sp³-hybridized carbons (Fsp3) is 0.717. The lowest BCUT2D eigenvalue weighted by Crippen LogP contribution is -2.59. The van der Waals surface area contributed by atoms with Crippen LogP contribution in [0.1, 0.15) is 119 Å². The summed E-state index contributed by atoms with van der Waals surface area (Å²) in [5.41, 5.74) is 2.49. The Balaban J connectivity index is 1.66. The van der Waals surface area contributed by atoms with Crippen molar-refractivity contribution in [1.82, 2.24) is 14.9 Å². The molecule has 13 atom stereocenters. The van der Waals surface area contributed by atoms with Gasteiger partial charge in [-0.3, -0.25) is 14.6 Å². The van der Waals surface area contributed by atoms with E-state index < -0.39 is 76.7 Å². The monoisotopic (exact) mass is 900 g/mol. The Hall–Kier alpha value is -3.74. The number of fused-ring (bicyclic) bond motifs is 5. The van der Waals surface area contributed by atoms with E-state index in [0.29, 0.717) is 55.0 Å². The largest absolute Gasteiger partial charge is 0.457 e. The molecule has 0 aromatic carbocycles. The minimum atomic E-state index is -3.13. The number of hydrogen-bond donors (Lipinski definition) is 3. The first-order valence-electron chi connectivity index (χ1n) is 22.3. The van der Waals surface area contributed by atoms with Gasteiger partial charge in [-0.2, -0.15) is 0 Å². The highest BCUT2D eigenvalue weighted by atomic mass is 32.1. The molecule has 2 aromatic heterocycles. The maximum Gasteiger partial charge on any atom is 0.351 e. The van der Waals surface area contributed by atoms with Gasteiger partial charge in [-0.25, -0.2) is 19.2 Å². The number of anilines is 1. The molecule has 1 saturated carbocycles. The van der Waals surface area contributed by atoms with Crippen LogP contribution in [0, 0.1) is 29.1 Å². The highest BCUT2D eigenvalue weighted by Crippen LogP contribution is 2.47. The number of nitrogen functional groups attached to an aromatic ring is 1. The van der Waals surface area contributed by atoms with Gasteiger partial charge in [0.15, 0.2) is 18.7 Å². The van der Waals surface area contributed by atoms with Crippen molar-refractivity contribution in [3.63, 3.8) is 0 Å². The average molecular weight is 901 g/mol. The van der Waals surface area contributed by atoms with E-state index in [4.69, 9.17) is 29.8 Å². The van der Waals surface area contributed by atoms with Gasteiger partial charge >= 0.3 is 5.97 Å². The molecule has 63 heavy (non-hydrogen) atoms. The Labute approximate surface area is 375 Å². The third-order valence-corrected chi connectivity index (χ3v) is 14.5. The van der Waals surface area contributed by atoms with Gasteiger partial charge in [0.1, 0.15) is 28.6 Å². The molecule has 3 fully saturated rings. The zero-order valence-corrected chi connectivity index (χ0v) is 39.6. The van der Waals surface area contributed by atoms with Crippen LogP contribution in [0.25, 0.3) is 10.6 Å². The van der Waals surface area contributed by atoms with Crippen LogP contribution in [0.2, 0.25) is 0 Å². The molecule has 1 amide bonds. The second-order valence-corrected chi connectivity index (χ2v) is 19.7. The summed E-state index contributed by atoms with van der Waals surface area (Å²) in [6.07, 6.45) is -1.10. The molecule has 1 unspecified atom stereocenters. The highest BCUT2D eigenvalue weighted by Gasteiger charge is 2.56. The number of aromatic nitrogens is 2. The molecule has 0 radical (unpaired) electrons. The lowest BCUT2D eigenvalue weighted by atomic mass is 9.65. The van der Waals surface area contributed by atoms with Gasteiger partial charge in [0.25, 0.3) is 5.67 Å². The van der Waals surface area contributed by atoms with Crippen molar-refractivity contribution in [1.29, 1.82) is 0 Å². The first-order valence-corrected chi connectivity index (χ1v) is 23.2.